The van der Waals surface area contributed by atoms with Crippen LogP contribution < -0.4 is 0 Å². The van der Waals surface area contributed by atoms with E-state index in [-0.39, 0.29) is 11.3 Å². The third kappa shape index (κ3) is 3.52. The molecule has 7 nitrogen and oxygen atoms in total. The van der Waals surface area contributed by atoms with E-state index in [1.807, 2.05) is 0 Å². The number of rotatable bonds is 2. The molecule has 0 fully saturated rings. The van der Waals surface area contributed by atoms with Gasteiger partial charge >= 0.3 is 5.97 Å². The van der Waals surface area contributed by atoms with Gasteiger partial charge in [-0.25, -0.2) is 4.79 Å². The molecule has 0 spiro atoms. The lowest BCUT2D eigenvalue weighted by molar-refractivity contribution is -0.384. The molecule has 0 atom stereocenters. The summed E-state index contributed by atoms with van der Waals surface area (Å²) < 4.78 is 0.580. The second-order valence-electron chi connectivity index (χ2n) is 2.94. The molecule has 0 radical (unpaired) electrons. The lowest BCUT2D eigenvalue weighted by Crippen LogP contribution is -2.23. The molecule has 0 aliphatic carbocycles. The van der Waals surface area contributed by atoms with Gasteiger partial charge in [0.05, 0.1) is 21.1 Å². The zero-order valence-electron chi connectivity index (χ0n) is 8.62. The van der Waals surface area contributed by atoms with Crippen molar-refractivity contribution in [2.75, 3.05) is 0 Å². The Labute approximate surface area is 104 Å². The number of nitro groups is 1. The van der Waals surface area contributed by atoms with E-state index in [4.69, 9.17) is 0 Å². The van der Waals surface area contributed by atoms with Crippen molar-refractivity contribution in [1.82, 2.24) is 4.09 Å². The minimum Gasteiger partial charge on any atom is -0.327 e. The number of amides is 1. The molecule has 0 aliphatic rings. The second-order valence-corrected chi connectivity index (χ2v) is 3.58. The van der Waals surface area contributed by atoms with Crippen LogP contribution in [0.2, 0.25) is 0 Å². The monoisotopic (exact) mass is 302 g/mol. The second kappa shape index (κ2) is 5.39. The number of nitro benzene ring substituents is 1. The van der Waals surface area contributed by atoms with Crippen molar-refractivity contribution in [3.8, 4) is 0 Å². The van der Waals surface area contributed by atoms with E-state index >= 15 is 0 Å². The maximum atomic E-state index is 11.6. The lowest BCUT2D eigenvalue weighted by Gasteiger charge is -2.11. The van der Waals surface area contributed by atoms with Gasteiger partial charge in [0.2, 0.25) is 0 Å². The minimum atomic E-state index is -0.669. The average Bonchev–Trinajstić information content (AvgIpc) is 2.27. The predicted octanol–water partition coefficient (Wildman–Crippen LogP) is 1.83. The Morgan fingerprint density at radius 3 is 2.29 bits per heavy atom. The zero-order chi connectivity index (χ0) is 13.0. The maximum Gasteiger partial charge on any atom is 0.330 e. The SMILES string of the molecule is CC(=O)ON(Br)C(=O)c1ccc([N+](=O)[O-])cc1. The number of non-ortho nitro benzene ring substituents is 1. The van der Waals surface area contributed by atoms with E-state index in [0.717, 1.165) is 6.92 Å². The van der Waals surface area contributed by atoms with Gasteiger partial charge in [-0.15, -0.1) is 0 Å². The topological polar surface area (TPSA) is 89.8 Å². The normalized spacial score (nSPS) is 9.53. The standard InChI is InChI=1S/C9H7BrN2O5/c1-6(13)17-11(10)9(14)7-2-4-8(5-3-7)12(15)16/h2-5H,1H3. The zero-order valence-corrected chi connectivity index (χ0v) is 10.2. The Hall–Kier alpha value is -1.96. The van der Waals surface area contributed by atoms with E-state index in [9.17, 15) is 19.7 Å². The van der Waals surface area contributed by atoms with Crippen molar-refractivity contribution in [3.63, 3.8) is 0 Å². The molecule has 0 unspecified atom stereocenters. The molecule has 0 aromatic heterocycles. The molecule has 0 aliphatic heterocycles. The number of carbonyl (C=O) groups is 2. The molecule has 1 aromatic carbocycles. The van der Waals surface area contributed by atoms with Crippen LogP contribution in [-0.2, 0) is 9.63 Å². The Morgan fingerprint density at radius 2 is 1.88 bits per heavy atom. The molecule has 0 heterocycles. The van der Waals surface area contributed by atoms with E-state index in [1.165, 1.54) is 24.3 Å². The molecule has 8 heteroatoms. The Balaban J connectivity index is 2.82. The van der Waals surface area contributed by atoms with Crippen molar-refractivity contribution >= 4 is 33.7 Å². The van der Waals surface area contributed by atoms with Gasteiger partial charge in [-0.3, -0.25) is 14.9 Å². The first kappa shape index (κ1) is 13.1. The third-order valence-electron chi connectivity index (χ3n) is 1.69. The fourth-order valence-corrected chi connectivity index (χ4v) is 1.39. The van der Waals surface area contributed by atoms with Crippen LogP contribution in [0, 0.1) is 10.1 Å². The van der Waals surface area contributed by atoms with Crippen LogP contribution in [0.5, 0.6) is 0 Å². The first-order valence-electron chi connectivity index (χ1n) is 4.35. The number of halogens is 1. The number of nitrogens with zero attached hydrogens (tertiary/aromatic N) is 2. The molecule has 0 saturated heterocycles. The van der Waals surface area contributed by atoms with Gasteiger partial charge in [-0.05, 0) is 12.1 Å². The number of carbonyl (C=O) groups excluding carboxylic acids is 2. The number of hydrogen-bond donors (Lipinski definition) is 0. The number of benzene rings is 1. The third-order valence-corrected chi connectivity index (χ3v) is 2.16. The summed E-state index contributed by atoms with van der Waals surface area (Å²) in [7, 11) is 0. The predicted molar refractivity (Wildman–Crippen MR) is 60.0 cm³/mol. The van der Waals surface area contributed by atoms with Crippen molar-refractivity contribution in [1.29, 1.82) is 0 Å². The van der Waals surface area contributed by atoms with Gasteiger partial charge < -0.3 is 4.84 Å². The molecule has 0 N–H and O–H groups in total. The first-order chi connectivity index (χ1) is 7.91. The first-order valence-corrected chi connectivity index (χ1v) is 5.06. The highest BCUT2D eigenvalue weighted by Gasteiger charge is 2.17. The molecular formula is C9H7BrN2O5. The molecular weight excluding hydrogens is 296 g/mol. The van der Waals surface area contributed by atoms with Crippen LogP contribution in [0.15, 0.2) is 24.3 Å². The fraction of sp³-hybridized carbons (Fsp3) is 0.111. The molecule has 90 valence electrons. The van der Waals surface area contributed by atoms with E-state index < -0.39 is 16.8 Å². The summed E-state index contributed by atoms with van der Waals surface area (Å²) in [6.07, 6.45) is 0. The molecule has 1 amide bonds. The highest BCUT2D eigenvalue weighted by Crippen LogP contribution is 2.15. The van der Waals surface area contributed by atoms with E-state index in [2.05, 4.69) is 21.0 Å². The van der Waals surface area contributed by atoms with Crippen LogP contribution >= 0.6 is 16.1 Å². The quantitative estimate of drug-likeness (QED) is 0.472. The van der Waals surface area contributed by atoms with Gasteiger partial charge in [0.1, 0.15) is 0 Å². The highest BCUT2D eigenvalue weighted by atomic mass is 79.9. The Bertz CT molecular complexity index is 459. The van der Waals surface area contributed by atoms with Gasteiger partial charge in [-0.1, -0.05) is 4.09 Å². The highest BCUT2D eigenvalue weighted by molar-refractivity contribution is 9.07. The van der Waals surface area contributed by atoms with Crippen molar-refractivity contribution in [2.24, 2.45) is 0 Å². The summed E-state index contributed by atoms with van der Waals surface area (Å²) in [5, 5.41) is 10.4. The van der Waals surface area contributed by atoms with Crippen LogP contribution in [-0.4, -0.2) is 20.9 Å². The number of hydroxylamine groups is 1. The van der Waals surface area contributed by atoms with Crippen LogP contribution in [0.1, 0.15) is 17.3 Å². The summed E-state index contributed by atoms with van der Waals surface area (Å²) in [5.41, 5.74) is 0.0175. The van der Waals surface area contributed by atoms with Gasteiger partial charge in [0, 0.05) is 24.6 Å². The lowest BCUT2D eigenvalue weighted by atomic mass is 10.2. The summed E-state index contributed by atoms with van der Waals surface area (Å²) >= 11 is 2.73. The van der Waals surface area contributed by atoms with Crippen LogP contribution in [0.4, 0.5) is 5.69 Å². The summed E-state index contributed by atoms with van der Waals surface area (Å²) in [6.45, 7) is 1.14. The van der Waals surface area contributed by atoms with Crippen LogP contribution in [0.3, 0.4) is 0 Å². The average molecular weight is 303 g/mol. The van der Waals surface area contributed by atoms with Crippen molar-refractivity contribution in [3.05, 3.63) is 39.9 Å². The molecule has 0 saturated carbocycles. The van der Waals surface area contributed by atoms with E-state index in [1.54, 1.807) is 0 Å². The molecule has 17 heavy (non-hydrogen) atoms. The summed E-state index contributed by atoms with van der Waals surface area (Å²) in [4.78, 5) is 36.5. The Morgan fingerprint density at radius 1 is 1.35 bits per heavy atom. The van der Waals surface area contributed by atoms with E-state index in [0.29, 0.717) is 4.09 Å². The summed E-state index contributed by atoms with van der Waals surface area (Å²) in [5.74, 6) is -1.31. The molecule has 1 rings (SSSR count). The summed E-state index contributed by atoms with van der Waals surface area (Å²) in [6, 6.07) is 4.89. The molecule has 1 aromatic rings. The Kier molecular flexibility index (Phi) is 4.16. The van der Waals surface area contributed by atoms with Gasteiger partial charge in [-0.2, -0.15) is 0 Å². The minimum absolute atomic E-state index is 0.129. The largest absolute Gasteiger partial charge is 0.330 e. The smallest absolute Gasteiger partial charge is 0.327 e. The van der Waals surface area contributed by atoms with Crippen molar-refractivity contribution in [2.45, 2.75) is 6.92 Å². The molecule has 0 bridgehead atoms. The van der Waals surface area contributed by atoms with Crippen molar-refractivity contribution < 1.29 is 19.3 Å². The fourth-order valence-electron chi connectivity index (χ4n) is 0.982. The number of hydrogen-bond acceptors (Lipinski definition) is 5. The maximum absolute atomic E-state index is 11.6. The van der Waals surface area contributed by atoms with Gasteiger partial charge in [0.15, 0.2) is 0 Å². The van der Waals surface area contributed by atoms with Gasteiger partial charge in [0.25, 0.3) is 11.6 Å². The van der Waals surface area contributed by atoms with Crippen LogP contribution in [0.25, 0.3) is 0 Å².